The summed E-state index contributed by atoms with van der Waals surface area (Å²) in [4.78, 5) is 10.5. The van der Waals surface area contributed by atoms with Crippen LogP contribution in [0.25, 0.3) is 0 Å². The topological polar surface area (TPSA) is 69.6 Å². The zero-order valence-corrected chi connectivity index (χ0v) is 9.47. The molecule has 1 amide bonds. The number of aliphatic hydroxyl groups excluding tert-OH is 1. The SMILES string of the molecule is CC(C)(NC(=O)O)C(O)Cc1ccccc1. The molecule has 1 aromatic rings. The molecule has 0 bridgehead atoms. The Labute approximate surface area is 94.9 Å². The van der Waals surface area contributed by atoms with Crippen molar-refractivity contribution in [3.63, 3.8) is 0 Å². The monoisotopic (exact) mass is 223 g/mol. The number of hydrogen-bond acceptors (Lipinski definition) is 2. The van der Waals surface area contributed by atoms with Crippen LogP contribution in [-0.2, 0) is 6.42 Å². The van der Waals surface area contributed by atoms with E-state index in [0.29, 0.717) is 6.42 Å². The van der Waals surface area contributed by atoms with Crippen LogP contribution in [0.5, 0.6) is 0 Å². The highest BCUT2D eigenvalue weighted by Gasteiger charge is 2.29. The molecule has 0 aliphatic carbocycles. The summed E-state index contributed by atoms with van der Waals surface area (Å²) in [6, 6.07) is 9.48. The van der Waals surface area contributed by atoms with Gasteiger partial charge >= 0.3 is 6.09 Å². The van der Waals surface area contributed by atoms with E-state index in [0.717, 1.165) is 5.56 Å². The summed E-state index contributed by atoms with van der Waals surface area (Å²) < 4.78 is 0. The third kappa shape index (κ3) is 3.55. The van der Waals surface area contributed by atoms with Crippen LogP contribution in [0.1, 0.15) is 19.4 Å². The minimum atomic E-state index is -1.13. The minimum Gasteiger partial charge on any atom is -0.465 e. The van der Waals surface area contributed by atoms with Gasteiger partial charge in [0.1, 0.15) is 0 Å². The quantitative estimate of drug-likeness (QED) is 0.726. The van der Waals surface area contributed by atoms with Crippen LogP contribution < -0.4 is 5.32 Å². The maximum Gasteiger partial charge on any atom is 0.405 e. The van der Waals surface area contributed by atoms with Crippen molar-refractivity contribution in [3.8, 4) is 0 Å². The van der Waals surface area contributed by atoms with Crippen LogP contribution in [0, 0.1) is 0 Å². The zero-order chi connectivity index (χ0) is 12.2. The lowest BCUT2D eigenvalue weighted by Crippen LogP contribution is -2.52. The van der Waals surface area contributed by atoms with Gasteiger partial charge in [0.15, 0.2) is 0 Å². The van der Waals surface area contributed by atoms with Gasteiger partial charge in [0, 0.05) is 6.42 Å². The Morgan fingerprint density at radius 2 is 1.94 bits per heavy atom. The van der Waals surface area contributed by atoms with E-state index < -0.39 is 17.7 Å². The molecule has 0 heterocycles. The molecule has 0 saturated heterocycles. The number of carboxylic acid groups (broad SMARTS) is 1. The Kier molecular flexibility index (Phi) is 3.90. The molecular formula is C12H17NO3. The maximum atomic E-state index is 10.5. The van der Waals surface area contributed by atoms with Crippen LogP contribution in [0.3, 0.4) is 0 Å². The number of nitrogens with one attached hydrogen (secondary N) is 1. The first-order valence-corrected chi connectivity index (χ1v) is 5.15. The summed E-state index contributed by atoms with van der Waals surface area (Å²) in [6.45, 7) is 3.32. The van der Waals surface area contributed by atoms with E-state index in [1.54, 1.807) is 13.8 Å². The summed E-state index contributed by atoms with van der Waals surface area (Å²) in [5, 5.41) is 20.9. The van der Waals surface area contributed by atoms with E-state index in [-0.39, 0.29) is 0 Å². The van der Waals surface area contributed by atoms with Gasteiger partial charge in [0.05, 0.1) is 11.6 Å². The highest BCUT2D eigenvalue weighted by Crippen LogP contribution is 2.14. The van der Waals surface area contributed by atoms with Crippen LogP contribution in [0.4, 0.5) is 4.79 Å². The van der Waals surface area contributed by atoms with Crippen LogP contribution in [0.15, 0.2) is 30.3 Å². The Morgan fingerprint density at radius 3 is 2.44 bits per heavy atom. The summed E-state index contributed by atoms with van der Waals surface area (Å²) in [5.74, 6) is 0. The van der Waals surface area contributed by atoms with Gasteiger partial charge in [-0.2, -0.15) is 0 Å². The van der Waals surface area contributed by atoms with E-state index in [2.05, 4.69) is 5.32 Å². The van der Waals surface area contributed by atoms with Crippen LogP contribution in [0.2, 0.25) is 0 Å². The van der Waals surface area contributed by atoms with Gasteiger partial charge in [-0.25, -0.2) is 4.79 Å². The fourth-order valence-corrected chi connectivity index (χ4v) is 1.45. The average molecular weight is 223 g/mol. The Morgan fingerprint density at radius 1 is 1.38 bits per heavy atom. The van der Waals surface area contributed by atoms with Gasteiger partial charge in [-0.3, -0.25) is 0 Å². The number of benzene rings is 1. The molecule has 0 aliphatic heterocycles. The van der Waals surface area contributed by atoms with Crippen LogP contribution in [-0.4, -0.2) is 27.9 Å². The molecule has 0 spiro atoms. The van der Waals surface area contributed by atoms with Crippen molar-refractivity contribution < 1.29 is 15.0 Å². The van der Waals surface area contributed by atoms with E-state index in [1.807, 2.05) is 30.3 Å². The van der Waals surface area contributed by atoms with Gasteiger partial charge in [0.25, 0.3) is 0 Å². The predicted molar refractivity (Wildman–Crippen MR) is 61.4 cm³/mol. The molecule has 4 nitrogen and oxygen atoms in total. The van der Waals surface area contributed by atoms with Crippen molar-refractivity contribution in [1.82, 2.24) is 5.32 Å². The first-order chi connectivity index (χ1) is 7.42. The molecule has 0 saturated carbocycles. The number of amides is 1. The lowest BCUT2D eigenvalue weighted by Gasteiger charge is -2.30. The lowest BCUT2D eigenvalue weighted by atomic mass is 9.92. The highest BCUT2D eigenvalue weighted by molar-refractivity contribution is 5.65. The molecule has 0 fully saturated rings. The molecule has 0 aliphatic rings. The molecule has 16 heavy (non-hydrogen) atoms. The summed E-state index contributed by atoms with van der Waals surface area (Å²) >= 11 is 0. The molecule has 1 unspecified atom stereocenters. The third-order valence-corrected chi connectivity index (χ3v) is 2.53. The largest absolute Gasteiger partial charge is 0.465 e. The second kappa shape index (κ2) is 4.99. The third-order valence-electron chi connectivity index (χ3n) is 2.53. The molecule has 4 heteroatoms. The number of aliphatic hydroxyl groups is 1. The Hall–Kier alpha value is -1.55. The van der Waals surface area contributed by atoms with Crippen molar-refractivity contribution in [3.05, 3.63) is 35.9 Å². The number of carbonyl (C=O) groups is 1. The van der Waals surface area contributed by atoms with Crippen molar-refractivity contribution in [2.75, 3.05) is 0 Å². The van der Waals surface area contributed by atoms with E-state index >= 15 is 0 Å². The molecule has 0 aromatic heterocycles. The molecule has 88 valence electrons. The second-order valence-electron chi connectivity index (χ2n) is 4.36. The Balaban J connectivity index is 2.64. The molecular weight excluding hydrogens is 206 g/mol. The van der Waals surface area contributed by atoms with Gasteiger partial charge in [-0.15, -0.1) is 0 Å². The van der Waals surface area contributed by atoms with Gasteiger partial charge < -0.3 is 15.5 Å². The molecule has 1 rings (SSSR count). The lowest BCUT2D eigenvalue weighted by molar-refractivity contribution is 0.0780. The fraction of sp³-hybridized carbons (Fsp3) is 0.417. The number of rotatable bonds is 4. The van der Waals surface area contributed by atoms with Crippen molar-refractivity contribution >= 4 is 6.09 Å². The van der Waals surface area contributed by atoms with Gasteiger partial charge in [0.2, 0.25) is 0 Å². The van der Waals surface area contributed by atoms with E-state index in [1.165, 1.54) is 0 Å². The van der Waals surface area contributed by atoms with Gasteiger partial charge in [-0.1, -0.05) is 30.3 Å². The summed E-state index contributed by atoms with van der Waals surface area (Å²) in [7, 11) is 0. The number of hydrogen-bond donors (Lipinski definition) is 3. The Bertz CT molecular complexity index is 349. The molecule has 1 aromatic carbocycles. The zero-order valence-electron chi connectivity index (χ0n) is 9.47. The smallest absolute Gasteiger partial charge is 0.405 e. The summed E-state index contributed by atoms with van der Waals surface area (Å²) in [6.07, 6.45) is -1.46. The highest BCUT2D eigenvalue weighted by atomic mass is 16.4. The first kappa shape index (κ1) is 12.5. The van der Waals surface area contributed by atoms with E-state index in [9.17, 15) is 9.90 Å². The van der Waals surface area contributed by atoms with Crippen LogP contribution >= 0.6 is 0 Å². The maximum absolute atomic E-state index is 10.5. The van der Waals surface area contributed by atoms with Crippen molar-refractivity contribution in [2.45, 2.75) is 31.9 Å². The molecule has 1 atom stereocenters. The standard InChI is InChI=1S/C12H17NO3/c1-12(2,13-11(15)16)10(14)8-9-6-4-3-5-7-9/h3-7,10,13-14H,8H2,1-2H3,(H,15,16). The fourth-order valence-electron chi connectivity index (χ4n) is 1.45. The van der Waals surface area contributed by atoms with Crippen molar-refractivity contribution in [2.24, 2.45) is 0 Å². The van der Waals surface area contributed by atoms with Crippen molar-refractivity contribution in [1.29, 1.82) is 0 Å². The normalized spacial score (nSPS) is 13.2. The minimum absolute atomic E-state index is 0.425. The summed E-state index contributed by atoms with van der Waals surface area (Å²) in [5.41, 5.74) is 0.122. The second-order valence-corrected chi connectivity index (χ2v) is 4.36. The predicted octanol–water partition coefficient (Wildman–Crippen LogP) is 1.64. The molecule has 0 radical (unpaired) electrons. The average Bonchev–Trinajstić information content (AvgIpc) is 2.17. The first-order valence-electron chi connectivity index (χ1n) is 5.15. The van der Waals surface area contributed by atoms with E-state index in [4.69, 9.17) is 5.11 Å². The molecule has 3 N–H and O–H groups in total. The van der Waals surface area contributed by atoms with Gasteiger partial charge in [-0.05, 0) is 19.4 Å².